The van der Waals surface area contributed by atoms with Gasteiger partial charge in [-0.25, -0.2) is 9.97 Å². The third kappa shape index (κ3) is 4.54. The number of aromatic nitrogens is 7. The molecule has 10 heteroatoms. The lowest BCUT2D eigenvalue weighted by Gasteiger charge is -2.20. The van der Waals surface area contributed by atoms with Crippen LogP contribution in [0.2, 0.25) is 0 Å². The Bertz CT molecular complexity index is 1780. The van der Waals surface area contributed by atoms with E-state index in [1.54, 1.807) is 37.3 Å². The molecule has 0 unspecified atom stereocenters. The lowest BCUT2D eigenvalue weighted by atomic mass is 9.87. The summed E-state index contributed by atoms with van der Waals surface area (Å²) < 4.78 is 5.25. The van der Waals surface area contributed by atoms with Crippen LogP contribution in [-0.4, -0.2) is 41.0 Å². The number of hydrogen-bond donors (Lipinski definition) is 3. The highest BCUT2D eigenvalue weighted by molar-refractivity contribution is 5.96. The number of fused-ring (bicyclic) bond motifs is 2. The monoisotopic (exact) mass is 518 g/mol. The SMILES string of the molecule is O=C(CC1CCCCC1)Nc1cncc(-c2ccc3[nH]nc(-c4nc5c(-c6ccoc6)cncc5[nH]4)c3n2)c1. The minimum atomic E-state index is 0.0375. The number of anilines is 1. The predicted molar refractivity (Wildman–Crippen MR) is 148 cm³/mol. The van der Waals surface area contributed by atoms with Crippen molar-refractivity contribution in [3.05, 3.63) is 61.6 Å². The molecule has 0 saturated heterocycles. The van der Waals surface area contributed by atoms with Crippen molar-refractivity contribution in [3.63, 3.8) is 0 Å². The number of carbonyl (C=O) groups excluding carboxylic acids is 1. The van der Waals surface area contributed by atoms with Crippen LogP contribution in [0.1, 0.15) is 38.5 Å². The third-order valence-electron chi connectivity index (χ3n) is 7.37. The molecule has 0 aromatic carbocycles. The molecular formula is C29H26N8O2. The molecule has 0 spiro atoms. The van der Waals surface area contributed by atoms with E-state index in [-0.39, 0.29) is 5.91 Å². The normalized spacial score (nSPS) is 14.3. The Hall–Kier alpha value is -4.86. The van der Waals surface area contributed by atoms with Crippen LogP contribution in [0.15, 0.2) is 66.0 Å². The smallest absolute Gasteiger partial charge is 0.224 e. The topological polar surface area (TPSA) is 138 Å². The maximum atomic E-state index is 12.7. The molecule has 1 saturated carbocycles. The first-order valence-electron chi connectivity index (χ1n) is 13.2. The molecule has 7 rings (SSSR count). The van der Waals surface area contributed by atoms with Gasteiger partial charge in [0.05, 0.1) is 47.3 Å². The number of aromatic amines is 2. The molecule has 39 heavy (non-hydrogen) atoms. The van der Waals surface area contributed by atoms with Crippen molar-refractivity contribution >= 4 is 33.7 Å². The van der Waals surface area contributed by atoms with E-state index in [2.05, 4.69) is 30.5 Å². The lowest BCUT2D eigenvalue weighted by Crippen LogP contribution is -2.18. The zero-order valence-corrected chi connectivity index (χ0v) is 21.1. The van der Waals surface area contributed by atoms with Crippen LogP contribution < -0.4 is 5.32 Å². The molecule has 1 aliphatic rings. The second kappa shape index (κ2) is 9.79. The van der Waals surface area contributed by atoms with Crippen LogP contribution in [0.4, 0.5) is 5.69 Å². The van der Waals surface area contributed by atoms with Gasteiger partial charge in [0, 0.05) is 35.5 Å². The summed E-state index contributed by atoms with van der Waals surface area (Å²) in [5, 5.41) is 10.6. The molecule has 0 radical (unpaired) electrons. The highest BCUT2D eigenvalue weighted by Gasteiger charge is 2.19. The molecule has 6 heterocycles. The average molecular weight is 519 g/mol. The van der Waals surface area contributed by atoms with Crippen molar-refractivity contribution in [2.45, 2.75) is 38.5 Å². The molecular weight excluding hydrogens is 492 g/mol. The van der Waals surface area contributed by atoms with Gasteiger partial charge in [-0.05, 0) is 43.0 Å². The molecule has 0 aliphatic heterocycles. The largest absolute Gasteiger partial charge is 0.472 e. The van der Waals surface area contributed by atoms with Crippen LogP contribution in [0, 0.1) is 5.92 Å². The van der Waals surface area contributed by atoms with E-state index >= 15 is 0 Å². The van der Waals surface area contributed by atoms with Gasteiger partial charge in [0.15, 0.2) is 11.5 Å². The van der Waals surface area contributed by atoms with Gasteiger partial charge in [0.1, 0.15) is 11.0 Å². The number of pyridine rings is 3. The second-order valence-electron chi connectivity index (χ2n) is 10.1. The second-order valence-corrected chi connectivity index (χ2v) is 10.1. The Balaban J connectivity index is 1.19. The van der Waals surface area contributed by atoms with Crippen LogP contribution in [0.5, 0.6) is 0 Å². The highest BCUT2D eigenvalue weighted by atomic mass is 16.3. The van der Waals surface area contributed by atoms with E-state index < -0.39 is 0 Å². The predicted octanol–water partition coefficient (Wildman–Crippen LogP) is 6.13. The molecule has 0 atom stereocenters. The fourth-order valence-electron chi connectivity index (χ4n) is 5.41. The molecule has 1 aliphatic carbocycles. The van der Waals surface area contributed by atoms with Crippen molar-refractivity contribution in [3.8, 4) is 33.9 Å². The highest BCUT2D eigenvalue weighted by Crippen LogP contribution is 2.32. The Morgan fingerprint density at radius 3 is 2.72 bits per heavy atom. The van der Waals surface area contributed by atoms with Crippen molar-refractivity contribution in [1.82, 2.24) is 35.1 Å². The van der Waals surface area contributed by atoms with Crippen LogP contribution in [0.3, 0.4) is 0 Å². The Labute approximate surface area is 223 Å². The minimum Gasteiger partial charge on any atom is -0.472 e. The van der Waals surface area contributed by atoms with Gasteiger partial charge in [0.25, 0.3) is 0 Å². The fraction of sp³-hybridized carbons (Fsp3) is 0.241. The van der Waals surface area contributed by atoms with Crippen LogP contribution in [-0.2, 0) is 4.79 Å². The number of nitrogens with one attached hydrogen (secondary N) is 3. The summed E-state index contributed by atoms with van der Waals surface area (Å²) in [6.45, 7) is 0. The van der Waals surface area contributed by atoms with Gasteiger partial charge in [-0.2, -0.15) is 5.10 Å². The van der Waals surface area contributed by atoms with E-state index in [9.17, 15) is 4.79 Å². The van der Waals surface area contributed by atoms with Gasteiger partial charge in [-0.15, -0.1) is 0 Å². The fourth-order valence-corrected chi connectivity index (χ4v) is 5.41. The molecule has 0 bridgehead atoms. The van der Waals surface area contributed by atoms with Gasteiger partial charge in [0.2, 0.25) is 5.91 Å². The maximum absolute atomic E-state index is 12.7. The Morgan fingerprint density at radius 1 is 0.949 bits per heavy atom. The number of furan rings is 1. The molecule has 1 fully saturated rings. The van der Waals surface area contributed by atoms with Crippen molar-refractivity contribution in [2.75, 3.05) is 5.32 Å². The average Bonchev–Trinajstić information content (AvgIpc) is 3.73. The number of hydrogen-bond acceptors (Lipinski definition) is 7. The molecule has 1 amide bonds. The summed E-state index contributed by atoms with van der Waals surface area (Å²) in [6, 6.07) is 7.63. The zero-order chi connectivity index (χ0) is 26.2. The zero-order valence-electron chi connectivity index (χ0n) is 21.1. The number of H-pyrrole nitrogens is 2. The van der Waals surface area contributed by atoms with Gasteiger partial charge < -0.3 is 14.7 Å². The van der Waals surface area contributed by atoms with Crippen LogP contribution >= 0.6 is 0 Å². The third-order valence-corrected chi connectivity index (χ3v) is 7.37. The van der Waals surface area contributed by atoms with E-state index in [1.807, 2.05) is 24.3 Å². The summed E-state index contributed by atoms with van der Waals surface area (Å²) >= 11 is 0. The summed E-state index contributed by atoms with van der Waals surface area (Å²) in [7, 11) is 0. The van der Waals surface area contributed by atoms with Gasteiger partial charge in [-0.3, -0.25) is 19.9 Å². The lowest BCUT2D eigenvalue weighted by molar-refractivity contribution is -0.117. The van der Waals surface area contributed by atoms with Gasteiger partial charge in [-0.1, -0.05) is 19.3 Å². The minimum absolute atomic E-state index is 0.0375. The van der Waals surface area contributed by atoms with Crippen molar-refractivity contribution in [2.24, 2.45) is 5.92 Å². The Kier molecular flexibility index (Phi) is 5.84. The number of nitrogens with zero attached hydrogens (tertiary/aromatic N) is 5. The number of imidazole rings is 1. The van der Waals surface area contributed by atoms with Gasteiger partial charge >= 0.3 is 0 Å². The van der Waals surface area contributed by atoms with E-state index in [0.29, 0.717) is 35.1 Å². The van der Waals surface area contributed by atoms with E-state index in [1.165, 1.54) is 19.3 Å². The molecule has 194 valence electrons. The van der Waals surface area contributed by atoms with E-state index in [0.717, 1.165) is 51.8 Å². The number of rotatable bonds is 6. The quantitative estimate of drug-likeness (QED) is 0.241. The van der Waals surface area contributed by atoms with Crippen LogP contribution in [0.25, 0.3) is 56.0 Å². The first-order valence-corrected chi connectivity index (χ1v) is 13.2. The first-order chi connectivity index (χ1) is 19.2. The maximum Gasteiger partial charge on any atom is 0.224 e. The van der Waals surface area contributed by atoms with Crippen molar-refractivity contribution < 1.29 is 9.21 Å². The molecule has 10 nitrogen and oxygen atoms in total. The molecule has 6 aromatic heterocycles. The van der Waals surface area contributed by atoms with E-state index in [4.69, 9.17) is 14.4 Å². The summed E-state index contributed by atoms with van der Waals surface area (Å²) in [5.74, 6) is 1.10. The molecule has 6 aromatic rings. The summed E-state index contributed by atoms with van der Waals surface area (Å²) in [4.78, 5) is 34.4. The number of carbonyl (C=O) groups is 1. The standard InChI is InChI=1S/C29H26N8O2/c38-25(10-17-4-2-1-3-5-17)32-20-11-19(12-30-13-20)22-6-7-23-27(33-22)28(37-36-23)29-34-24-15-31-14-21(26(24)35-29)18-8-9-39-16-18/h6-9,11-17H,1-5,10H2,(H,32,38)(H,34,35)(H,36,37). The first kappa shape index (κ1) is 23.3. The van der Waals surface area contributed by atoms with Crippen molar-refractivity contribution in [1.29, 1.82) is 0 Å². The molecule has 3 N–H and O–H groups in total. The summed E-state index contributed by atoms with van der Waals surface area (Å²) in [6.07, 6.45) is 16.8. The number of amides is 1. The summed E-state index contributed by atoms with van der Waals surface area (Å²) in [5.41, 5.74) is 7.58. The Morgan fingerprint density at radius 2 is 1.85 bits per heavy atom.